The molecule has 0 aliphatic rings. The molecule has 0 spiro atoms. The number of hydrazone groups is 1. The molecule has 1 heterocycles. The van der Waals surface area contributed by atoms with E-state index >= 15 is 0 Å². The Morgan fingerprint density at radius 1 is 0.946 bits per heavy atom. The lowest BCUT2D eigenvalue weighted by Gasteiger charge is -2.12. The number of hydrogen-bond donors (Lipinski definition) is 2. The highest BCUT2D eigenvalue weighted by Crippen LogP contribution is 2.25. The molecule has 1 aromatic heterocycles. The standard InChI is InChI=1S/C28H23BrN6OS/c29-22-11-6-8-20(16-22)17-31-33-27(36)19-37-28-34-32-26(35(28)23-12-2-1-3-13-23)18-30-25-15-7-10-21-9-4-5-14-24(21)25/h1-17,30H,18-19H2,(H,33,36)/b31-17+. The van der Waals surface area contributed by atoms with Gasteiger partial charge in [-0.05, 0) is 41.3 Å². The lowest BCUT2D eigenvalue weighted by atomic mass is 10.1. The number of para-hydroxylation sites is 1. The summed E-state index contributed by atoms with van der Waals surface area (Å²) < 4.78 is 2.92. The quantitative estimate of drug-likeness (QED) is 0.128. The van der Waals surface area contributed by atoms with Gasteiger partial charge in [-0.3, -0.25) is 9.36 Å². The van der Waals surface area contributed by atoms with Crippen LogP contribution in [0.25, 0.3) is 16.5 Å². The van der Waals surface area contributed by atoms with E-state index in [1.165, 1.54) is 17.1 Å². The summed E-state index contributed by atoms with van der Waals surface area (Å²) in [6, 6.07) is 32.0. The molecule has 0 saturated carbocycles. The van der Waals surface area contributed by atoms with Gasteiger partial charge in [-0.1, -0.05) is 94.4 Å². The highest BCUT2D eigenvalue weighted by molar-refractivity contribution is 9.10. The Hall–Kier alpha value is -3.95. The summed E-state index contributed by atoms with van der Waals surface area (Å²) in [7, 11) is 0. The molecule has 0 bridgehead atoms. The first-order chi connectivity index (χ1) is 18.2. The smallest absolute Gasteiger partial charge is 0.250 e. The van der Waals surface area contributed by atoms with Crippen LogP contribution in [-0.4, -0.2) is 32.6 Å². The van der Waals surface area contributed by atoms with Crippen LogP contribution in [0.4, 0.5) is 5.69 Å². The lowest BCUT2D eigenvalue weighted by molar-refractivity contribution is -0.118. The molecule has 1 amide bonds. The van der Waals surface area contributed by atoms with Crippen LogP contribution in [0.15, 0.2) is 112 Å². The first-order valence-corrected chi connectivity index (χ1v) is 13.4. The van der Waals surface area contributed by atoms with Crippen LogP contribution in [0.2, 0.25) is 0 Å². The molecule has 9 heteroatoms. The number of carbonyl (C=O) groups is 1. The van der Waals surface area contributed by atoms with E-state index < -0.39 is 0 Å². The summed E-state index contributed by atoms with van der Waals surface area (Å²) >= 11 is 4.74. The van der Waals surface area contributed by atoms with Crippen LogP contribution >= 0.6 is 27.7 Å². The minimum Gasteiger partial charge on any atom is -0.377 e. The maximum absolute atomic E-state index is 12.4. The van der Waals surface area contributed by atoms with Gasteiger partial charge in [-0.2, -0.15) is 5.10 Å². The topological polar surface area (TPSA) is 84.2 Å². The Bertz CT molecular complexity index is 1550. The Labute approximate surface area is 227 Å². The molecule has 2 N–H and O–H groups in total. The number of carbonyl (C=O) groups excluding carboxylic acids is 1. The highest BCUT2D eigenvalue weighted by Gasteiger charge is 2.16. The monoisotopic (exact) mass is 570 g/mol. The summed E-state index contributed by atoms with van der Waals surface area (Å²) in [5.41, 5.74) is 5.41. The zero-order valence-corrected chi connectivity index (χ0v) is 22.1. The van der Waals surface area contributed by atoms with Crippen molar-refractivity contribution < 1.29 is 4.79 Å². The van der Waals surface area contributed by atoms with Crippen molar-refractivity contribution >= 4 is 56.3 Å². The van der Waals surface area contributed by atoms with Gasteiger partial charge >= 0.3 is 0 Å². The summed E-state index contributed by atoms with van der Waals surface area (Å²) in [6.45, 7) is 0.472. The number of aromatic nitrogens is 3. The molecule has 7 nitrogen and oxygen atoms in total. The van der Waals surface area contributed by atoms with E-state index in [0.29, 0.717) is 11.7 Å². The second-order valence-corrected chi connectivity index (χ2v) is 9.95. The number of thioether (sulfide) groups is 1. The number of rotatable bonds is 9. The number of nitrogens with zero attached hydrogens (tertiary/aromatic N) is 4. The number of amides is 1. The molecule has 37 heavy (non-hydrogen) atoms. The van der Waals surface area contributed by atoms with E-state index in [9.17, 15) is 4.79 Å². The highest BCUT2D eigenvalue weighted by atomic mass is 79.9. The number of benzene rings is 4. The van der Waals surface area contributed by atoms with Crippen molar-refractivity contribution in [2.24, 2.45) is 5.10 Å². The fraction of sp³-hybridized carbons (Fsp3) is 0.0714. The van der Waals surface area contributed by atoms with Crippen LogP contribution in [0, 0.1) is 0 Å². The Kier molecular flexibility index (Phi) is 7.93. The first kappa shape index (κ1) is 24.7. The van der Waals surface area contributed by atoms with Crippen LogP contribution < -0.4 is 10.7 Å². The van der Waals surface area contributed by atoms with Crippen molar-refractivity contribution in [2.45, 2.75) is 11.7 Å². The molecule has 0 aliphatic heterocycles. The van der Waals surface area contributed by atoms with E-state index in [1.54, 1.807) is 6.21 Å². The number of nitrogens with one attached hydrogen (secondary N) is 2. The number of hydrogen-bond acceptors (Lipinski definition) is 6. The third-order valence-corrected chi connectivity index (χ3v) is 6.95. The van der Waals surface area contributed by atoms with Crippen molar-refractivity contribution in [1.29, 1.82) is 0 Å². The van der Waals surface area contributed by atoms with Crippen molar-refractivity contribution in [2.75, 3.05) is 11.1 Å². The second kappa shape index (κ2) is 11.9. The molecule has 0 radical (unpaired) electrons. The van der Waals surface area contributed by atoms with Gasteiger partial charge in [0.2, 0.25) is 0 Å². The predicted octanol–water partition coefficient (Wildman–Crippen LogP) is 6.04. The van der Waals surface area contributed by atoms with Gasteiger partial charge in [-0.25, -0.2) is 5.43 Å². The molecule has 4 aromatic carbocycles. The minimum absolute atomic E-state index is 0.150. The molecule has 0 fully saturated rings. The van der Waals surface area contributed by atoms with E-state index in [2.05, 4.69) is 66.2 Å². The maximum Gasteiger partial charge on any atom is 0.250 e. The van der Waals surface area contributed by atoms with Gasteiger partial charge in [0.15, 0.2) is 11.0 Å². The van der Waals surface area contributed by atoms with Gasteiger partial charge < -0.3 is 5.32 Å². The fourth-order valence-electron chi connectivity index (χ4n) is 3.83. The van der Waals surface area contributed by atoms with Crippen LogP contribution in [0.5, 0.6) is 0 Å². The third kappa shape index (κ3) is 6.25. The SMILES string of the molecule is O=C(CSc1nnc(CNc2cccc3ccccc23)n1-c1ccccc1)N/N=C/c1cccc(Br)c1. The number of anilines is 1. The largest absolute Gasteiger partial charge is 0.377 e. The zero-order valence-electron chi connectivity index (χ0n) is 19.7. The molecule has 5 rings (SSSR count). The normalized spacial score (nSPS) is 11.2. The Morgan fingerprint density at radius 2 is 1.73 bits per heavy atom. The van der Waals surface area contributed by atoms with Gasteiger partial charge in [-0.15, -0.1) is 10.2 Å². The van der Waals surface area contributed by atoms with Gasteiger partial charge in [0.1, 0.15) is 0 Å². The van der Waals surface area contributed by atoms with E-state index in [-0.39, 0.29) is 11.7 Å². The fourth-order valence-corrected chi connectivity index (χ4v) is 5.01. The molecule has 0 atom stereocenters. The van der Waals surface area contributed by atoms with Crippen LogP contribution in [-0.2, 0) is 11.3 Å². The van der Waals surface area contributed by atoms with Crippen LogP contribution in [0.3, 0.4) is 0 Å². The van der Waals surface area contributed by atoms with Gasteiger partial charge in [0.25, 0.3) is 5.91 Å². The second-order valence-electron chi connectivity index (χ2n) is 8.09. The average Bonchev–Trinajstić information content (AvgIpc) is 3.34. The van der Waals surface area contributed by atoms with E-state index in [0.717, 1.165) is 32.6 Å². The third-order valence-electron chi connectivity index (χ3n) is 5.53. The maximum atomic E-state index is 12.4. The molecular weight excluding hydrogens is 548 g/mol. The molecule has 5 aromatic rings. The van der Waals surface area contributed by atoms with E-state index in [4.69, 9.17) is 0 Å². The van der Waals surface area contributed by atoms with Gasteiger partial charge in [0.05, 0.1) is 18.5 Å². The number of fused-ring (bicyclic) bond motifs is 1. The molecule has 0 saturated heterocycles. The summed E-state index contributed by atoms with van der Waals surface area (Å²) in [4.78, 5) is 12.4. The minimum atomic E-state index is -0.228. The van der Waals surface area contributed by atoms with Crippen molar-refractivity contribution in [3.63, 3.8) is 0 Å². The Balaban J connectivity index is 1.29. The van der Waals surface area contributed by atoms with Crippen molar-refractivity contribution in [3.8, 4) is 5.69 Å². The van der Waals surface area contributed by atoms with E-state index in [1.807, 2.05) is 77.4 Å². The molecular formula is C28H23BrN6OS. The summed E-state index contributed by atoms with van der Waals surface area (Å²) in [5.74, 6) is 0.668. The first-order valence-electron chi connectivity index (χ1n) is 11.6. The summed E-state index contributed by atoms with van der Waals surface area (Å²) in [5, 5.41) is 19.3. The zero-order chi connectivity index (χ0) is 25.5. The number of halogens is 1. The predicted molar refractivity (Wildman–Crippen MR) is 153 cm³/mol. The Morgan fingerprint density at radius 3 is 2.59 bits per heavy atom. The summed E-state index contributed by atoms with van der Waals surface area (Å²) in [6.07, 6.45) is 1.61. The van der Waals surface area contributed by atoms with Crippen molar-refractivity contribution in [3.05, 3.63) is 113 Å². The molecule has 184 valence electrons. The van der Waals surface area contributed by atoms with Crippen molar-refractivity contribution in [1.82, 2.24) is 20.2 Å². The average molecular weight is 572 g/mol. The van der Waals surface area contributed by atoms with Crippen LogP contribution in [0.1, 0.15) is 11.4 Å². The lowest BCUT2D eigenvalue weighted by Crippen LogP contribution is -2.20. The molecule has 0 unspecified atom stereocenters. The molecule has 0 aliphatic carbocycles. The van der Waals surface area contributed by atoms with Gasteiger partial charge in [0, 0.05) is 21.2 Å².